The minimum absolute atomic E-state index is 0. The van der Waals surface area contributed by atoms with Gasteiger partial charge in [0.25, 0.3) is 0 Å². The Kier molecular flexibility index (Phi) is 17.2. The van der Waals surface area contributed by atoms with Gasteiger partial charge in [-0.1, -0.05) is 0 Å². The van der Waals surface area contributed by atoms with Crippen LogP contribution in [0.25, 0.3) is 0 Å². The quantitative estimate of drug-likeness (QED) is 0.207. The fourth-order valence-corrected chi connectivity index (χ4v) is 3.62. The fraction of sp³-hybridized carbons (Fsp3) is 0.133. The molecule has 0 atom stereocenters. The summed E-state index contributed by atoms with van der Waals surface area (Å²) in [5.74, 6) is -3.99. The Labute approximate surface area is 272 Å². The Bertz CT molecular complexity index is 1090. The predicted octanol–water partition coefficient (Wildman–Crippen LogP) is -11.8. The Balaban J connectivity index is -0.00000210. The van der Waals surface area contributed by atoms with E-state index in [1.807, 2.05) is 0 Å². The van der Waals surface area contributed by atoms with E-state index in [1.54, 1.807) is 0 Å². The summed E-state index contributed by atoms with van der Waals surface area (Å²) in [7, 11) is -8.20. The molecule has 0 aromatic heterocycles. The fourth-order valence-electron chi connectivity index (χ4n) is 2.32. The number of methoxy groups -OCH3 is 2. The molecule has 0 bridgehead atoms. The monoisotopic (exact) mass is 524 g/mol. The van der Waals surface area contributed by atoms with E-state index in [0.29, 0.717) is 24.3 Å². The number of phenolic OH excluding ortho intramolecular Hbond substituents is 2. The zero-order valence-electron chi connectivity index (χ0n) is 18.2. The van der Waals surface area contributed by atoms with Gasteiger partial charge in [0.15, 0.2) is 0 Å². The third kappa shape index (κ3) is 8.66. The van der Waals surface area contributed by atoms with E-state index in [0.717, 1.165) is 14.2 Å². The molecule has 0 saturated heterocycles. The van der Waals surface area contributed by atoms with Crippen LogP contribution >= 0.6 is 0 Å². The van der Waals surface area contributed by atoms with Gasteiger partial charge in [0.2, 0.25) is 5.78 Å². The van der Waals surface area contributed by atoms with Crippen LogP contribution in [-0.2, 0) is 20.2 Å². The van der Waals surface area contributed by atoms with E-state index >= 15 is 0 Å². The van der Waals surface area contributed by atoms with Gasteiger partial charge in [-0.15, -0.1) is 0 Å². The largest absolute Gasteiger partial charge is 1.00 e. The maximum atomic E-state index is 12.7. The van der Waals surface area contributed by atoms with Crippen LogP contribution in [0.15, 0.2) is 34.1 Å². The van der Waals surface area contributed by atoms with Gasteiger partial charge < -0.3 is 28.8 Å². The molecule has 2 N–H and O–H groups in total. The second-order valence-corrected chi connectivity index (χ2v) is 7.97. The second-order valence-electron chi connectivity index (χ2n) is 5.28. The number of carbonyl (C=O) groups excluding carboxylic acids is 1. The summed E-state index contributed by atoms with van der Waals surface area (Å²) in [6.45, 7) is 0. The summed E-state index contributed by atoms with van der Waals surface area (Å²) in [5.41, 5.74) is -1.52. The Morgan fingerprint density at radius 3 is 1.22 bits per heavy atom. The van der Waals surface area contributed by atoms with Gasteiger partial charge in [-0.2, -0.15) is 0 Å². The molecule has 0 radical (unpaired) electrons. The first-order chi connectivity index (χ1) is 12.8. The van der Waals surface area contributed by atoms with Gasteiger partial charge in [-0.3, -0.25) is 4.79 Å². The molecule has 0 unspecified atom stereocenters. The third-order valence-electron chi connectivity index (χ3n) is 3.59. The van der Waals surface area contributed by atoms with Crippen molar-refractivity contribution in [2.24, 2.45) is 0 Å². The van der Waals surface area contributed by atoms with Crippen molar-refractivity contribution in [1.29, 1.82) is 0 Å². The first-order valence-electron chi connectivity index (χ1n) is 7.09. The SMILES string of the molecule is COc1cc(O)c(C(=O)c2cc(S(=O)(=O)[O-])c(OC)cc2O)cc1S(=O)(=O)[O-].[Na+].[Na+].[Na+].[Na+]. The van der Waals surface area contributed by atoms with Crippen LogP contribution in [-0.4, -0.2) is 56.2 Å². The maximum Gasteiger partial charge on any atom is 1.00 e. The molecule has 0 aliphatic carbocycles. The van der Waals surface area contributed by atoms with Crippen LogP contribution in [0.2, 0.25) is 0 Å². The first kappa shape index (κ1) is 37.7. The standard InChI is InChI=1S/C15H14O11S2.4Na/c1-25-11-5-9(16)7(3-13(11)27(19,20)21)15(18)8-4-14(28(22,23)24)12(26-2)6-10(8)17;;;;/h3-6,16-17H,1-2H3,(H,19,20,21)(H,22,23,24);;;;/q;4*+1/p-2. The Morgan fingerprint density at radius 2 is 1.00 bits per heavy atom. The van der Waals surface area contributed by atoms with Gasteiger partial charge >= 0.3 is 118 Å². The van der Waals surface area contributed by atoms with Crippen molar-refractivity contribution in [3.8, 4) is 23.0 Å². The predicted molar refractivity (Wildman–Crippen MR) is 88.7 cm³/mol. The Morgan fingerprint density at radius 1 is 0.719 bits per heavy atom. The average Bonchev–Trinajstić information content (AvgIpc) is 2.58. The Hall–Kier alpha value is 1.13. The molecule has 32 heavy (non-hydrogen) atoms. The van der Waals surface area contributed by atoms with Gasteiger partial charge in [-0.05, 0) is 12.1 Å². The van der Waals surface area contributed by atoms with Crippen molar-refractivity contribution < 1.29 is 169 Å². The summed E-state index contributed by atoms with van der Waals surface area (Å²) in [6, 6.07) is 2.38. The van der Waals surface area contributed by atoms with Crippen molar-refractivity contribution in [2.75, 3.05) is 14.2 Å². The van der Waals surface area contributed by atoms with Crippen LogP contribution in [0.5, 0.6) is 23.0 Å². The molecule has 0 aliphatic heterocycles. The van der Waals surface area contributed by atoms with Gasteiger partial charge in [0, 0.05) is 12.1 Å². The first-order valence-corrected chi connectivity index (χ1v) is 9.91. The van der Waals surface area contributed by atoms with E-state index < -0.39 is 69.9 Å². The summed E-state index contributed by atoms with van der Waals surface area (Å²) in [4.78, 5) is 10.7. The van der Waals surface area contributed by atoms with E-state index in [4.69, 9.17) is 0 Å². The minimum atomic E-state index is -5.12. The number of hydrogen-bond acceptors (Lipinski definition) is 11. The van der Waals surface area contributed by atoms with E-state index in [-0.39, 0.29) is 118 Å². The second kappa shape index (κ2) is 14.6. The molecule has 0 spiro atoms. The summed E-state index contributed by atoms with van der Waals surface area (Å²) in [5, 5.41) is 20.0. The normalized spacial score (nSPS) is 10.4. The molecular weight excluding hydrogens is 512 g/mol. The van der Waals surface area contributed by atoms with Crippen LogP contribution in [0.1, 0.15) is 15.9 Å². The van der Waals surface area contributed by atoms with Crippen molar-refractivity contribution in [2.45, 2.75) is 9.79 Å². The summed E-state index contributed by atoms with van der Waals surface area (Å²) < 4.78 is 77.5. The topological polar surface area (TPSA) is 190 Å². The van der Waals surface area contributed by atoms with E-state index in [2.05, 4.69) is 9.47 Å². The molecule has 0 aliphatic rings. The van der Waals surface area contributed by atoms with Crippen molar-refractivity contribution in [3.63, 3.8) is 0 Å². The van der Waals surface area contributed by atoms with E-state index in [9.17, 15) is 40.9 Å². The van der Waals surface area contributed by atoms with Gasteiger partial charge in [0.05, 0.1) is 35.1 Å². The molecule has 0 fully saturated rings. The molecule has 0 heterocycles. The van der Waals surface area contributed by atoms with Crippen LogP contribution in [0.3, 0.4) is 0 Å². The molecule has 2 aromatic rings. The third-order valence-corrected chi connectivity index (χ3v) is 5.31. The molecule has 11 nitrogen and oxygen atoms in total. The number of ketones is 1. The van der Waals surface area contributed by atoms with Crippen LogP contribution in [0, 0.1) is 0 Å². The zero-order valence-corrected chi connectivity index (χ0v) is 27.8. The average molecular weight is 524 g/mol. The number of carbonyl (C=O) groups is 1. The molecule has 152 valence electrons. The summed E-state index contributed by atoms with van der Waals surface area (Å²) in [6.07, 6.45) is 0. The maximum absolute atomic E-state index is 12.7. The molecule has 17 heteroatoms. The number of ether oxygens (including phenoxy) is 2. The number of rotatable bonds is 6. The zero-order chi connectivity index (χ0) is 21.4. The molecule has 0 saturated carbocycles. The number of benzene rings is 2. The minimum Gasteiger partial charge on any atom is -0.744 e. The number of phenols is 2. The molecule has 2 rings (SSSR count). The molecular formula is C15H12Na4O11S2+2. The van der Waals surface area contributed by atoms with Crippen LogP contribution < -0.4 is 128 Å². The molecule has 2 aromatic carbocycles. The van der Waals surface area contributed by atoms with Crippen molar-refractivity contribution in [1.82, 2.24) is 0 Å². The van der Waals surface area contributed by atoms with Crippen molar-refractivity contribution in [3.05, 3.63) is 35.4 Å². The van der Waals surface area contributed by atoms with Gasteiger partial charge in [0.1, 0.15) is 43.2 Å². The smallest absolute Gasteiger partial charge is 0.744 e. The summed E-state index contributed by atoms with van der Waals surface area (Å²) >= 11 is 0. The van der Waals surface area contributed by atoms with E-state index in [1.165, 1.54) is 0 Å². The van der Waals surface area contributed by atoms with Gasteiger partial charge in [-0.25, -0.2) is 16.8 Å². The number of aromatic hydroxyl groups is 2. The van der Waals surface area contributed by atoms with Crippen molar-refractivity contribution >= 4 is 26.0 Å². The molecule has 0 amide bonds. The van der Waals surface area contributed by atoms with Crippen LogP contribution in [0.4, 0.5) is 0 Å². The number of hydrogen-bond donors (Lipinski definition) is 2.